The third-order valence-electron chi connectivity index (χ3n) is 3.49. The molecule has 23 heavy (non-hydrogen) atoms. The summed E-state index contributed by atoms with van der Waals surface area (Å²) in [5, 5.41) is 7.31. The van der Waals surface area contributed by atoms with Crippen LogP contribution in [0.25, 0.3) is 22.3 Å². The highest BCUT2D eigenvalue weighted by atomic mass is 15.2. The monoisotopic (exact) mass is 306 g/mol. The van der Waals surface area contributed by atoms with E-state index in [0.29, 0.717) is 22.9 Å². The zero-order chi connectivity index (χ0) is 15.8. The lowest BCUT2D eigenvalue weighted by molar-refractivity contribution is 0.768. The van der Waals surface area contributed by atoms with Gasteiger partial charge in [0.25, 0.3) is 0 Å². The van der Waals surface area contributed by atoms with E-state index in [-0.39, 0.29) is 0 Å². The van der Waals surface area contributed by atoms with E-state index in [4.69, 9.17) is 5.73 Å². The molecule has 8 heteroatoms. The SMILES string of the molecule is Cn1cc(-c2ccc(Nc3nc(N)c4nc[nH]c4n3)cc2)cn1. The Bertz CT molecular complexity index is 967. The molecule has 0 saturated carbocycles. The van der Waals surface area contributed by atoms with Crippen molar-refractivity contribution in [2.45, 2.75) is 0 Å². The molecule has 4 N–H and O–H groups in total. The van der Waals surface area contributed by atoms with Crippen LogP contribution in [0.5, 0.6) is 0 Å². The number of nitrogens with zero attached hydrogens (tertiary/aromatic N) is 5. The van der Waals surface area contributed by atoms with E-state index in [9.17, 15) is 0 Å². The van der Waals surface area contributed by atoms with Gasteiger partial charge in [0.15, 0.2) is 11.5 Å². The largest absolute Gasteiger partial charge is 0.382 e. The Morgan fingerprint density at radius 1 is 1.13 bits per heavy atom. The lowest BCUT2D eigenvalue weighted by atomic mass is 10.1. The van der Waals surface area contributed by atoms with E-state index in [1.807, 2.05) is 43.7 Å². The summed E-state index contributed by atoms with van der Waals surface area (Å²) in [7, 11) is 1.90. The quantitative estimate of drug-likeness (QED) is 0.534. The van der Waals surface area contributed by atoms with Crippen molar-refractivity contribution in [1.29, 1.82) is 0 Å². The molecule has 4 aromatic rings. The molecule has 0 atom stereocenters. The number of hydrogen-bond donors (Lipinski definition) is 3. The molecule has 4 rings (SSSR count). The average Bonchev–Trinajstić information content (AvgIpc) is 3.17. The second kappa shape index (κ2) is 5.09. The number of nitrogen functional groups attached to an aromatic ring is 1. The normalized spacial score (nSPS) is 11.0. The number of aromatic amines is 1. The molecule has 0 saturated heterocycles. The van der Waals surface area contributed by atoms with Crippen LogP contribution in [0.2, 0.25) is 0 Å². The summed E-state index contributed by atoms with van der Waals surface area (Å²) in [6.07, 6.45) is 5.35. The molecular weight excluding hydrogens is 292 g/mol. The van der Waals surface area contributed by atoms with Crippen molar-refractivity contribution >= 4 is 28.6 Å². The van der Waals surface area contributed by atoms with Gasteiger partial charge in [0, 0.05) is 24.5 Å². The topological polar surface area (TPSA) is 110 Å². The van der Waals surface area contributed by atoms with E-state index in [2.05, 4.69) is 30.4 Å². The Hall–Kier alpha value is -3.42. The number of aromatic nitrogens is 6. The number of rotatable bonds is 3. The van der Waals surface area contributed by atoms with Crippen molar-refractivity contribution in [3.05, 3.63) is 43.0 Å². The van der Waals surface area contributed by atoms with E-state index < -0.39 is 0 Å². The van der Waals surface area contributed by atoms with Gasteiger partial charge in [0.05, 0.1) is 12.5 Å². The summed E-state index contributed by atoms with van der Waals surface area (Å²) in [5.41, 5.74) is 10.1. The van der Waals surface area contributed by atoms with Crippen LogP contribution < -0.4 is 11.1 Å². The first-order valence-corrected chi connectivity index (χ1v) is 7.02. The van der Waals surface area contributed by atoms with Crippen molar-refractivity contribution in [2.24, 2.45) is 7.05 Å². The lowest BCUT2D eigenvalue weighted by Gasteiger charge is -2.06. The standard InChI is InChI=1S/C15H14N8/c1-23-7-10(6-19-23)9-2-4-11(5-3-9)20-15-21-13(16)12-14(22-15)18-8-17-12/h2-8H,1H3,(H4,16,17,18,20,21,22). The number of hydrogen-bond acceptors (Lipinski definition) is 6. The molecule has 1 aromatic carbocycles. The van der Waals surface area contributed by atoms with Gasteiger partial charge < -0.3 is 16.0 Å². The Morgan fingerprint density at radius 2 is 1.96 bits per heavy atom. The van der Waals surface area contributed by atoms with Gasteiger partial charge in [-0.15, -0.1) is 0 Å². The van der Waals surface area contributed by atoms with Crippen LogP contribution >= 0.6 is 0 Å². The molecule has 0 radical (unpaired) electrons. The summed E-state index contributed by atoms with van der Waals surface area (Å²) in [5.74, 6) is 0.763. The lowest BCUT2D eigenvalue weighted by Crippen LogP contribution is -2.01. The third-order valence-corrected chi connectivity index (χ3v) is 3.49. The van der Waals surface area contributed by atoms with Crippen LogP contribution in [-0.4, -0.2) is 29.7 Å². The first-order valence-electron chi connectivity index (χ1n) is 7.02. The molecule has 0 fully saturated rings. The second-order valence-electron chi connectivity index (χ2n) is 5.14. The number of anilines is 3. The molecule has 8 nitrogen and oxygen atoms in total. The fraction of sp³-hybridized carbons (Fsp3) is 0.0667. The summed E-state index contributed by atoms with van der Waals surface area (Å²) < 4.78 is 1.78. The Balaban J connectivity index is 1.60. The second-order valence-corrected chi connectivity index (χ2v) is 5.14. The van der Waals surface area contributed by atoms with E-state index in [1.165, 1.54) is 0 Å². The Kier molecular flexibility index (Phi) is 2.94. The van der Waals surface area contributed by atoms with Crippen molar-refractivity contribution < 1.29 is 0 Å². The summed E-state index contributed by atoms with van der Waals surface area (Å²) in [6.45, 7) is 0. The number of fused-ring (bicyclic) bond motifs is 1. The van der Waals surface area contributed by atoms with Gasteiger partial charge >= 0.3 is 0 Å². The van der Waals surface area contributed by atoms with Crippen LogP contribution in [0.15, 0.2) is 43.0 Å². The van der Waals surface area contributed by atoms with Gasteiger partial charge in [0.2, 0.25) is 5.95 Å². The molecule has 0 unspecified atom stereocenters. The predicted octanol–water partition coefficient (Wildman–Crippen LogP) is 2.08. The van der Waals surface area contributed by atoms with E-state index >= 15 is 0 Å². The Labute approximate surface area is 131 Å². The van der Waals surface area contributed by atoms with Crippen LogP contribution in [0.3, 0.4) is 0 Å². The maximum absolute atomic E-state index is 5.87. The van der Waals surface area contributed by atoms with Crippen molar-refractivity contribution in [3.63, 3.8) is 0 Å². The van der Waals surface area contributed by atoms with Crippen LogP contribution in [0, 0.1) is 0 Å². The van der Waals surface area contributed by atoms with Gasteiger partial charge in [-0.05, 0) is 17.7 Å². The maximum Gasteiger partial charge on any atom is 0.231 e. The van der Waals surface area contributed by atoms with Gasteiger partial charge in [-0.25, -0.2) is 4.98 Å². The van der Waals surface area contributed by atoms with Crippen molar-refractivity contribution in [2.75, 3.05) is 11.1 Å². The molecule has 0 bridgehead atoms. The number of nitrogens with two attached hydrogens (primary N) is 1. The molecule has 0 aliphatic heterocycles. The highest BCUT2D eigenvalue weighted by Gasteiger charge is 2.08. The first kappa shape index (κ1) is 13.3. The minimum absolute atomic E-state index is 0.339. The van der Waals surface area contributed by atoms with Crippen LogP contribution in [0.1, 0.15) is 0 Å². The maximum atomic E-state index is 5.87. The molecule has 114 valence electrons. The molecular formula is C15H14N8. The molecule has 3 heterocycles. The number of aryl methyl sites for hydroxylation is 1. The van der Waals surface area contributed by atoms with Crippen molar-refractivity contribution in [1.82, 2.24) is 29.7 Å². The van der Waals surface area contributed by atoms with Gasteiger partial charge in [-0.1, -0.05) is 12.1 Å². The molecule has 0 aliphatic carbocycles. The van der Waals surface area contributed by atoms with Crippen LogP contribution in [-0.2, 0) is 7.05 Å². The number of H-pyrrole nitrogens is 1. The van der Waals surface area contributed by atoms with Crippen LogP contribution in [0.4, 0.5) is 17.5 Å². The fourth-order valence-electron chi connectivity index (χ4n) is 2.36. The molecule has 0 aliphatic rings. The molecule has 3 aromatic heterocycles. The number of benzene rings is 1. The third kappa shape index (κ3) is 2.46. The molecule has 0 amide bonds. The smallest absolute Gasteiger partial charge is 0.231 e. The highest BCUT2D eigenvalue weighted by molar-refractivity contribution is 5.82. The summed E-state index contributed by atoms with van der Waals surface area (Å²) >= 11 is 0. The number of nitrogens with one attached hydrogen (secondary N) is 2. The summed E-state index contributed by atoms with van der Waals surface area (Å²) in [4.78, 5) is 15.6. The summed E-state index contributed by atoms with van der Waals surface area (Å²) in [6, 6.07) is 7.94. The van der Waals surface area contributed by atoms with Gasteiger partial charge in [-0.2, -0.15) is 15.1 Å². The fourth-order valence-corrected chi connectivity index (χ4v) is 2.36. The predicted molar refractivity (Wildman–Crippen MR) is 88.0 cm³/mol. The van der Waals surface area contributed by atoms with Gasteiger partial charge in [-0.3, -0.25) is 4.68 Å². The number of imidazole rings is 1. The minimum Gasteiger partial charge on any atom is -0.382 e. The Morgan fingerprint density at radius 3 is 2.70 bits per heavy atom. The van der Waals surface area contributed by atoms with E-state index in [1.54, 1.807) is 11.0 Å². The van der Waals surface area contributed by atoms with Gasteiger partial charge in [0.1, 0.15) is 5.52 Å². The zero-order valence-corrected chi connectivity index (χ0v) is 12.4. The minimum atomic E-state index is 0.339. The van der Waals surface area contributed by atoms with E-state index in [0.717, 1.165) is 16.8 Å². The highest BCUT2D eigenvalue weighted by Crippen LogP contribution is 2.23. The first-order chi connectivity index (χ1) is 11.2. The average molecular weight is 306 g/mol. The molecule has 0 spiro atoms. The van der Waals surface area contributed by atoms with Crippen molar-refractivity contribution in [3.8, 4) is 11.1 Å². The zero-order valence-electron chi connectivity index (χ0n) is 12.4.